The summed E-state index contributed by atoms with van der Waals surface area (Å²) in [7, 11) is 0. The number of fused-ring (bicyclic) bond motifs is 1. The lowest BCUT2D eigenvalue weighted by Gasteiger charge is -2.12. The van der Waals surface area contributed by atoms with Gasteiger partial charge in [-0.15, -0.1) is 0 Å². The van der Waals surface area contributed by atoms with Gasteiger partial charge in [-0.3, -0.25) is 9.79 Å². The van der Waals surface area contributed by atoms with Gasteiger partial charge in [0.1, 0.15) is 11.4 Å². The van der Waals surface area contributed by atoms with Crippen LogP contribution >= 0.6 is 0 Å². The Morgan fingerprint density at radius 2 is 2.12 bits per heavy atom. The molecule has 0 saturated heterocycles. The first-order chi connectivity index (χ1) is 12.7. The summed E-state index contributed by atoms with van der Waals surface area (Å²) in [6, 6.07) is 9.58. The monoisotopic (exact) mass is 349 g/mol. The van der Waals surface area contributed by atoms with Crippen LogP contribution < -0.4 is 10.1 Å². The number of carbonyl (C=O) groups excluding carboxylic acids is 1. The van der Waals surface area contributed by atoms with Crippen LogP contribution in [-0.4, -0.2) is 23.7 Å². The zero-order chi connectivity index (χ0) is 18.4. The van der Waals surface area contributed by atoms with E-state index in [0.29, 0.717) is 25.3 Å². The first kappa shape index (κ1) is 17.9. The smallest absolute Gasteiger partial charge is 0.270 e. The summed E-state index contributed by atoms with van der Waals surface area (Å²) in [6.07, 6.45) is 7.17. The SMILES string of the molecule is CCOc1ccc(CNC(=O)c2ccc3c(n2)CC=CC=N3)cc1CC. The first-order valence-electron chi connectivity index (χ1n) is 8.93. The van der Waals surface area contributed by atoms with Gasteiger partial charge < -0.3 is 10.1 Å². The van der Waals surface area contributed by atoms with E-state index in [4.69, 9.17) is 4.74 Å². The van der Waals surface area contributed by atoms with Crippen molar-refractivity contribution in [2.24, 2.45) is 4.99 Å². The lowest BCUT2D eigenvalue weighted by atomic mass is 10.1. The number of rotatable bonds is 6. The van der Waals surface area contributed by atoms with Crippen LogP contribution in [0.2, 0.25) is 0 Å². The summed E-state index contributed by atoms with van der Waals surface area (Å²) in [6.45, 7) is 5.17. The molecule has 3 rings (SSSR count). The summed E-state index contributed by atoms with van der Waals surface area (Å²) in [4.78, 5) is 21.2. The minimum atomic E-state index is -0.183. The number of nitrogens with zero attached hydrogens (tertiary/aromatic N) is 2. The van der Waals surface area contributed by atoms with Gasteiger partial charge in [0.15, 0.2) is 0 Å². The van der Waals surface area contributed by atoms with Crippen molar-refractivity contribution in [3.8, 4) is 5.75 Å². The maximum Gasteiger partial charge on any atom is 0.270 e. The second kappa shape index (κ2) is 8.43. The molecule has 0 fully saturated rings. The van der Waals surface area contributed by atoms with Gasteiger partial charge in [-0.2, -0.15) is 0 Å². The number of nitrogens with one attached hydrogen (secondary N) is 1. The van der Waals surface area contributed by atoms with Crippen LogP contribution in [-0.2, 0) is 19.4 Å². The van der Waals surface area contributed by atoms with Gasteiger partial charge in [0.05, 0.1) is 18.0 Å². The molecule has 0 spiro atoms. The van der Waals surface area contributed by atoms with Crippen LogP contribution in [0.1, 0.15) is 41.2 Å². The molecule has 1 amide bonds. The quantitative estimate of drug-likeness (QED) is 0.863. The molecule has 5 nitrogen and oxygen atoms in total. The zero-order valence-electron chi connectivity index (χ0n) is 15.2. The fourth-order valence-electron chi connectivity index (χ4n) is 2.84. The van der Waals surface area contributed by atoms with Crippen LogP contribution in [0, 0.1) is 0 Å². The Kier molecular flexibility index (Phi) is 5.79. The van der Waals surface area contributed by atoms with E-state index in [-0.39, 0.29) is 5.91 Å². The van der Waals surface area contributed by atoms with Crippen LogP contribution in [0.15, 0.2) is 47.5 Å². The molecule has 0 bridgehead atoms. The predicted molar refractivity (Wildman–Crippen MR) is 103 cm³/mol. The molecule has 1 N–H and O–H groups in total. The van der Waals surface area contributed by atoms with Crippen molar-refractivity contribution >= 4 is 17.8 Å². The highest BCUT2D eigenvalue weighted by Gasteiger charge is 2.12. The number of ether oxygens (including phenoxy) is 1. The van der Waals surface area contributed by atoms with Gasteiger partial charge in [-0.05, 0) is 48.7 Å². The lowest BCUT2D eigenvalue weighted by molar-refractivity contribution is 0.0945. The van der Waals surface area contributed by atoms with Gasteiger partial charge in [0, 0.05) is 19.2 Å². The summed E-state index contributed by atoms with van der Waals surface area (Å²) >= 11 is 0. The van der Waals surface area contributed by atoms with E-state index in [0.717, 1.165) is 34.7 Å². The Labute approximate surface area is 153 Å². The van der Waals surface area contributed by atoms with E-state index in [2.05, 4.69) is 28.3 Å². The van der Waals surface area contributed by atoms with E-state index < -0.39 is 0 Å². The third-order valence-corrected chi connectivity index (χ3v) is 4.19. The molecule has 26 heavy (non-hydrogen) atoms. The van der Waals surface area contributed by atoms with E-state index in [1.165, 1.54) is 0 Å². The van der Waals surface area contributed by atoms with Gasteiger partial charge in [-0.25, -0.2) is 4.98 Å². The minimum Gasteiger partial charge on any atom is -0.494 e. The van der Waals surface area contributed by atoms with Crippen LogP contribution in [0.25, 0.3) is 0 Å². The summed E-state index contributed by atoms with van der Waals surface area (Å²) in [5.41, 5.74) is 4.23. The molecular formula is C21H23N3O2. The molecule has 0 unspecified atom stereocenters. The number of aryl methyl sites for hydroxylation is 1. The van der Waals surface area contributed by atoms with Crippen molar-refractivity contribution in [1.82, 2.24) is 10.3 Å². The highest BCUT2D eigenvalue weighted by atomic mass is 16.5. The van der Waals surface area contributed by atoms with E-state index in [1.807, 2.05) is 37.3 Å². The van der Waals surface area contributed by atoms with Gasteiger partial charge >= 0.3 is 0 Å². The molecule has 1 aliphatic heterocycles. The van der Waals surface area contributed by atoms with Gasteiger partial charge in [0.25, 0.3) is 5.91 Å². The number of aromatic nitrogens is 1. The second-order valence-electron chi connectivity index (χ2n) is 5.98. The molecule has 1 aliphatic rings. The fraction of sp³-hybridized carbons (Fsp3) is 0.286. The normalized spacial score (nSPS) is 12.4. The van der Waals surface area contributed by atoms with E-state index in [1.54, 1.807) is 12.3 Å². The number of hydrogen-bond acceptors (Lipinski definition) is 4. The summed E-state index contributed by atoms with van der Waals surface area (Å²) in [5, 5.41) is 2.94. The maximum atomic E-state index is 12.5. The van der Waals surface area contributed by atoms with Crippen molar-refractivity contribution in [2.75, 3.05) is 6.61 Å². The number of aliphatic imine (C=N–C) groups is 1. The molecular weight excluding hydrogens is 326 g/mol. The average Bonchev–Trinajstić information content (AvgIpc) is 2.91. The summed E-state index contributed by atoms with van der Waals surface area (Å²) in [5.74, 6) is 0.725. The van der Waals surface area contributed by atoms with Gasteiger partial charge in [0.2, 0.25) is 0 Å². The van der Waals surface area contributed by atoms with Crippen molar-refractivity contribution in [3.63, 3.8) is 0 Å². The Bertz CT molecular complexity index is 856. The number of pyridine rings is 1. The Morgan fingerprint density at radius 3 is 2.92 bits per heavy atom. The molecule has 1 aromatic carbocycles. The zero-order valence-corrected chi connectivity index (χ0v) is 15.2. The van der Waals surface area contributed by atoms with E-state index in [9.17, 15) is 4.79 Å². The number of allylic oxidation sites excluding steroid dienone is 2. The van der Waals surface area contributed by atoms with Crippen molar-refractivity contribution in [2.45, 2.75) is 33.2 Å². The Hall–Kier alpha value is -2.95. The Morgan fingerprint density at radius 1 is 1.23 bits per heavy atom. The second-order valence-corrected chi connectivity index (χ2v) is 5.98. The molecule has 0 atom stereocenters. The molecule has 2 aromatic rings. The molecule has 1 aromatic heterocycles. The van der Waals surface area contributed by atoms with Crippen molar-refractivity contribution < 1.29 is 9.53 Å². The highest BCUT2D eigenvalue weighted by Crippen LogP contribution is 2.22. The lowest BCUT2D eigenvalue weighted by Crippen LogP contribution is -2.24. The van der Waals surface area contributed by atoms with Crippen LogP contribution in [0.4, 0.5) is 5.69 Å². The largest absolute Gasteiger partial charge is 0.494 e. The summed E-state index contributed by atoms with van der Waals surface area (Å²) < 4.78 is 5.63. The number of hydrogen-bond donors (Lipinski definition) is 1. The number of benzene rings is 1. The third-order valence-electron chi connectivity index (χ3n) is 4.19. The Balaban J connectivity index is 1.68. The molecule has 2 heterocycles. The maximum absolute atomic E-state index is 12.5. The average molecular weight is 349 g/mol. The van der Waals surface area contributed by atoms with E-state index >= 15 is 0 Å². The molecule has 134 valence electrons. The number of amides is 1. The van der Waals surface area contributed by atoms with Gasteiger partial charge in [-0.1, -0.05) is 25.1 Å². The molecule has 0 aliphatic carbocycles. The van der Waals surface area contributed by atoms with Crippen molar-refractivity contribution in [1.29, 1.82) is 0 Å². The molecule has 5 heteroatoms. The first-order valence-corrected chi connectivity index (χ1v) is 8.93. The highest BCUT2D eigenvalue weighted by molar-refractivity contribution is 5.92. The van der Waals surface area contributed by atoms with Crippen LogP contribution in [0.5, 0.6) is 5.75 Å². The standard InChI is InChI=1S/C21H23N3O2/c1-3-16-13-15(8-11-20(16)26-4-2)14-23-21(25)19-10-9-17-18(24-19)7-5-6-12-22-17/h5-6,8-13H,3-4,7,14H2,1-2H3,(H,23,25). The number of carbonyl (C=O) groups is 1. The van der Waals surface area contributed by atoms with Crippen molar-refractivity contribution in [3.05, 3.63) is 65.0 Å². The predicted octanol–water partition coefficient (Wildman–Crippen LogP) is 3.79. The van der Waals surface area contributed by atoms with Crippen LogP contribution in [0.3, 0.4) is 0 Å². The fourth-order valence-corrected chi connectivity index (χ4v) is 2.84. The third kappa shape index (κ3) is 4.17. The molecule has 0 radical (unpaired) electrons. The minimum absolute atomic E-state index is 0.183. The molecule has 0 saturated carbocycles. The topological polar surface area (TPSA) is 63.6 Å².